The summed E-state index contributed by atoms with van der Waals surface area (Å²) in [5.74, 6) is 0.0276. The number of rotatable bonds is 5. The Labute approximate surface area is 97.3 Å². The van der Waals surface area contributed by atoms with Gasteiger partial charge in [-0.25, -0.2) is 0 Å². The first-order chi connectivity index (χ1) is 7.59. The third-order valence-electron chi connectivity index (χ3n) is 3.04. The van der Waals surface area contributed by atoms with E-state index < -0.39 is 0 Å². The molecular formula is C13H21NO2. The summed E-state index contributed by atoms with van der Waals surface area (Å²) in [6.45, 7) is 5.26. The third-order valence-corrected chi connectivity index (χ3v) is 3.04. The zero-order valence-corrected chi connectivity index (χ0v) is 10.1. The van der Waals surface area contributed by atoms with E-state index in [0.717, 1.165) is 12.8 Å². The van der Waals surface area contributed by atoms with Crippen LogP contribution in [0.2, 0.25) is 0 Å². The first-order valence-electron chi connectivity index (χ1n) is 6.07. The highest BCUT2D eigenvalue weighted by Gasteiger charge is 2.17. The molecule has 0 saturated heterocycles. The number of hydrogen-bond acceptors (Lipinski definition) is 2. The van der Waals surface area contributed by atoms with Crippen molar-refractivity contribution in [3.05, 3.63) is 12.2 Å². The highest BCUT2D eigenvalue weighted by atomic mass is 16.1. The normalized spacial score (nSPS) is 16.8. The standard InChI is InChI=1S/C13H21NO2/c1-10(8-9-11(2)15)13(16)14-12-6-4-3-5-7-12/h12H,1,3-9H2,2H3,(H,14,16). The van der Waals surface area contributed by atoms with Crippen molar-refractivity contribution in [1.82, 2.24) is 5.32 Å². The summed E-state index contributed by atoms with van der Waals surface area (Å²) >= 11 is 0. The number of nitrogens with one attached hydrogen (secondary N) is 1. The third kappa shape index (κ3) is 4.60. The molecule has 0 bridgehead atoms. The Morgan fingerprint density at radius 3 is 2.38 bits per heavy atom. The molecule has 1 rings (SSSR count). The number of hydrogen-bond donors (Lipinski definition) is 1. The molecule has 1 aliphatic carbocycles. The van der Waals surface area contributed by atoms with Crippen molar-refractivity contribution in [3.8, 4) is 0 Å². The van der Waals surface area contributed by atoms with Crippen molar-refractivity contribution in [2.75, 3.05) is 0 Å². The lowest BCUT2D eigenvalue weighted by atomic mass is 9.95. The first-order valence-corrected chi connectivity index (χ1v) is 6.07. The van der Waals surface area contributed by atoms with Crippen LogP contribution < -0.4 is 5.32 Å². The molecule has 1 saturated carbocycles. The molecule has 1 aliphatic rings. The van der Waals surface area contributed by atoms with Crippen molar-refractivity contribution >= 4 is 11.7 Å². The summed E-state index contributed by atoms with van der Waals surface area (Å²) in [6.07, 6.45) is 6.72. The van der Waals surface area contributed by atoms with Gasteiger partial charge in [0.1, 0.15) is 5.78 Å². The van der Waals surface area contributed by atoms with Crippen LogP contribution in [0.5, 0.6) is 0 Å². The van der Waals surface area contributed by atoms with E-state index in [1.807, 2.05) is 0 Å². The van der Waals surface area contributed by atoms with Gasteiger partial charge in [0.25, 0.3) is 0 Å². The van der Waals surface area contributed by atoms with Gasteiger partial charge in [0.2, 0.25) is 5.91 Å². The maximum Gasteiger partial charge on any atom is 0.246 e. The molecule has 16 heavy (non-hydrogen) atoms. The van der Waals surface area contributed by atoms with E-state index >= 15 is 0 Å². The zero-order valence-electron chi connectivity index (χ0n) is 10.1. The molecule has 0 heterocycles. The summed E-state index contributed by atoms with van der Waals surface area (Å²) in [6, 6.07) is 0.315. The number of amides is 1. The molecule has 0 radical (unpaired) electrons. The maximum atomic E-state index is 11.7. The summed E-state index contributed by atoms with van der Waals surface area (Å²) in [4.78, 5) is 22.5. The van der Waals surface area contributed by atoms with Crippen molar-refractivity contribution in [1.29, 1.82) is 0 Å². The van der Waals surface area contributed by atoms with E-state index in [9.17, 15) is 9.59 Å². The Morgan fingerprint density at radius 1 is 1.19 bits per heavy atom. The maximum absolute atomic E-state index is 11.7. The minimum atomic E-state index is -0.0758. The summed E-state index contributed by atoms with van der Waals surface area (Å²) in [7, 11) is 0. The number of Topliss-reactive ketones (excluding diaryl/α,β-unsaturated/α-hetero) is 1. The van der Waals surface area contributed by atoms with E-state index in [-0.39, 0.29) is 11.7 Å². The van der Waals surface area contributed by atoms with E-state index in [4.69, 9.17) is 0 Å². The van der Waals surface area contributed by atoms with Crippen LogP contribution in [0.1, 0.15) is 51.9 Å². The van der Waals surface area contributed by atoms with Crippen LogP contribution in [0.3, 0.4) is 0 Å². The topological polar surface area (TPSA) is 46.2 Å². The molecule has 1 fully saturated rings. The van der Waals surface area contributed by atoms with Crippen molar-refractivity contribution in [3.63, 3.8) is 0 Å². The molecule has 0 spiro atoms. The molecule has 3 heteroatoms. The predicted molar refractivity (Wildman–Crippen MR) is 64.1 cm³/mol. The predicted octanol–water partition coefficient (Wildman–Crippen LogP) is 2.36. The van der Waals surface area contributed by atoms with Crippen molar-refractivity contribution in [2.24, 2.45) is 0 Å². The van der Waals surface area contributed by atoms with Gasteiger partial charge in [0.15, 0.2) is 0 Å². The second-order valence-corrected chi connectivity index (χ2v) is 4.61. The number of carbonyl (C=O) groups excluding carboxylic acids is 2. The first kappa shape index (κ1) is 12.9. The van der Waals surface area contributed by atoms with Crippen molar-refractivity contribution in [2.45, 2.75) is 57.9 Å². The van der Waals surface area contributed by atoms with Crippen LogP contribution in [0.25, 0.3) is 0 Å². The fourth-order valence-electron chi connectivity index (χ4n) is 1.97. The molecule has 0 atom stereocenters. The minimum absolute atomic E-state index is 0.0758. The van der Waals surface area contributed by atoms with Crippen LogP contribution in [0, 0.1) is 0 Å². The largest absolute Gasteiger partial charge is 0.350 e. The number of carbonyl (C=O) groups is 2. The second-order valence-electron chi connectivity index (χ2n) is 4.61. The van der Waals surface area contributed by atoms with Gasteiger partial charge in [-0.3, -0.25) is 4.79 Å². The lowest BCUT2D eigenvalue weighted by Gasteiger charge is -2.23. The molecule has 0 aromatic rings. The van der Waals surface area contributed by atoms with Gasteiger partial charge in [0, 0.05) is 18.0 Å². The lowest BCUT2D eigenvalue weighted by molar-refractivity contribution is -0.118. The molecule has 0 unspecified atom stereocenters. The lowest BCUT2D eigenvalue weighted by Crippen LogP contribution is -2.36. The average molecular weight is 223 g/mol. The summed E-state index contributed by atoms with van der Waals surface area (Å²) in [5.41, 5.74) is 0.528. The average Bonchev–Trinajstić information content (AvgIpc) is 2.27. The van der Waals surface area contributed by atoms with Gasteiger partial charge in [0.05, 0.1) is 0 Å². The van der Waals surface area contributed by atoms with Gasteiger partial charge >= 0.3 is 0 Å². The van der Waals surface area contributed by atoms with E-state index in [0.29, 0.717) is 24.5 Å². The van der Waals surface area contributed by atoms with Crippen LogP contribution in [0.15, 0.2) is 12.2 Å². The van der Waals surface area contributed by atoms with Crippen LogP contribution in [0.4, 0.5) is 0 Å². The fraction of sp³-hybridized carbons (Fsp3) is 0.692. The van der Waals surface area contributed by atoms with Crippen LogP contribution in [-0.2, 0) is 9.59 Å². The quantitative estimate of drug-likeness (QED) is 0.727. The molecule has 0 aromatic carbocycles. The molecule has 0 aliphatic heterocycles. The van der Waals surface area contributed by atoms with E-state index in [2.05, 4.69) is 11.9 Å². The Bertz CT molecular complexity index is 278. The smallest absolute Gasteiger partial charge is 0.246 e. The Morgan fingerprint density at radius 2 is 1.81 bits per heavy atom. The van der Waals surface area contributed by atoms with Gasteiger partial charge in [-0.2, -0.15) is 0 Å². The Balaban J connectivity index is 2.27. The van der Waals surface area contributed by atoms with Crippen LogP contribution in [-0.4, -0.2) is 17.7 Å². The summed E-state index contributed by atoms with van der Waals surface area (Å²) in [5, 5.41) is 2.99. The minimum Gasteiger partial charge on any atom is -0.350 e. The van der Waals surface area contributed by atoms with Gasteiger partial charge in [-0.15, -0.1) is 0 Å². The second kappa shape index (κ2) is 6.46. The van der Waals surface area contributed by atoms with Gasteiger partial charge < -0.3 is 10.1 Å². The fourth-order valence-corrected chi connectivity index (χ4v) is 1.97. The van der Waals surface area contributed by atoms with Gasteiger partial charge in [-0.05, 0) is 26.2 Å². The molecule has 1 N–H and O–H groups in total. The van der Waals surface area contributed by atoms with Crippen LogP contribution >= 0.6 is 0 Å². The summed E-state index contributed by atoms with van der Waals surface area (Å²) < 4.78 is 0. The molecular weight excluding hydrogens is 202 g/mol. The highest BCUT2D eigenvalue weighted by Crippen LogP contribution is 2.18. The number of ketones is 1. The Kier molecular flexibility index (Phi) is 5.23. The molecule has 90 valence electrons. The van der Waals surface area contributed by atoms with E-state index in [1.54, 1.807) is 0 Å². The zero-order chi connectivity index (χ0) is 12.0. The molecule has 1 amide bonds. The highest BCUT2D eigenvalue weighted by molar-refractivity contribution is 5.93. The van der Waals surface area contributed by atoms with E-state index in [1.165, 1.54) is 26.2 Å². The van der Waals surface area contributed by atoms with Crippen molar-refractivity contribution < 1.29 is 9.59 Å². The monoisotopic (exact) mass is 223 g/mol. The molecule has 3 nitrogen and oxygen atoms in total. The molecule has 0 aromatic heterocycles. The Hall–Kier alpha value is -1.12. The van der Waals surface area contributed by atoms with Gasteiger partial charge in [-0.1, -0.05) is 25.8 Å². The SMILES string of the molecule is C=C(CCC(C)=O)C(=O)NC1CCCCC1.